The molecule has 0 amide bonds. The summed E-state index contributed by atoms with van der Waals surface area (Å²) in [6, 6.07) is 7.08. The Labute approximate surface area is 125 Å². The van der Waals surface area contributed by atoms with Crippen molar-refractivity contribution >= 4 is 5.71 Å². The summed E-state index contributed by atoms with van der Waals surface area (Å²) in [5, 5.41) is 21.1. The first-order valence-electron chi connectivity index (χ1n) is 6.09. The van der Waals surface area contributed by atoms with E-state index in [9.17, 15) is 31.4 Å². The zero-order chi connectivity index (χ0) is 17.5. The number of nitrogens with zero attached hydrogens (tertiary/aromatic N) is 2. The molecule has 0 aliphatic carbocycles. The number of benzene rings is 1. The van der Waals surface area contributed by atoms with Gasteiger partial charge in [0.15, 0.2) is 6.10 Å². The van der Waals surface area contributed by atoms with Gasteiger partial charge in [0, 0.05) is 6.42 Å². The van der Waals surface area contributed by atoms with Gasteiger partial charge in [-0.15, -0.1) is 0 Å². The van der Waals surface area contributed by atoms with E-state index in [4.69, 9.17) is 5.26 Å². The summed E-state index contributed by atoms with van der Waals surface area (Å²) >= 11 is 0. The van der Waals surface area contributed by atoms with Gasteiger partial charge >= 0.3 is 12.4 Å². The maximum absolute atomic E-state index is 12.7. The van der Waals surface area contributed by atoms with Gasteiger partial charge in [-0.25, -0.2) is 0 Å². The first-order chi connectivity index (χ1) is 10.5. The van der Waals surface area contributed by atoms with E-state index >= 15 is 0 Å². The highest BCUT2D eigenvalue weighted by atomic mass is 19.4. The fourth-order valence-electron chi connectivity index (χ4n) is 2.03. The number of aliphatic hydroxyl groups is 1. The molecule has 124 valence electrons. The van der Waals surface area contributed by atoms with Crippen molar-refractivity contribution in [2.24, 2.45) is 5.16 Å². The second kappa shape index (κ2) is 5.42. The van der Waals surface area contributed by atoms with Crippen LogP contribution in [0.15, 0.2) is 29.4 Å². The van der Waals surface area contributed by atoms with Gasteiger partial charge in [0.25, 0.3) is 5.60 Å². The first-order valence-corrected chi connectivity index (χ1v) is 6.09. The zero-order valence-corrected chi connectivity index (χ0v) is 11.1. The Morgan fingerprint density at radius 3 is 2.04 bits per heavy atom. The van der Waals surface area contributed by atoms with Crippen molar-refractivity contribution in [2.75, 3.05) is 0 Å². The average molecular weight is 338 g/mol. The normalized spacial score (nSPS) is 19.0. The minimum absolute atomic E-state index is 0.189. The Morgan fingerprint density at radius 1 is 1.09 bits per heavy atom. The van der Waals surface area contributed by atoms with E-state index in [0.29, 0.717) is 0 Å². The monoisotopic (exact) mass is 338 g/mol. The van der Waals surface area contributed by atoms with Crippen LogP contribution in [0.25, 0.3) is 0 Å². The van der Waals surface area contributed by atoms with Gasteiger partial charge in [-0.1, -0.05) is 17.3 Å². The third-order valence-electron chi connectivity index (χ3n) is 3.35. The SMILES string of the molecule is N#Cc1ccc(C2=NOC(C(O)(C(F)(F)F)C(F)(F)F)C2)cc1. The molecule has 0 saturated carbocycles. The van der Waals surface area contributed by atoms with Gasteiger partial charge in [0.05, 0.1) is 17.3 Å². The van der Waals surface area contributed by atoms with Crippen molar-refractivity contribution in [1.29, 1.82) is 5.26 Å². The molecule has 1 aliphatic rings. The Kier molecular flexibility index (Phi) is 4.02. The molecule has 1 aromatic carbocycles. The van der Waals surface area contributed by atoms with Crippen LogP contribution in [0.4, 0.5) is 26.3 Å². The van der Waals surface area contributed by atoms with E-state index < -0.39 is 30.5 Å². The van der Waals surface area contributed by atoms with Gasteiger partial charge in [-0.05, 0) is 17.7 Å². The second-order valence-corrected chi connectivity index (χ2v) is 4.79. The van der Waals surface area contributed by atoms with Crippen LogP contribution in [0.5, 0.6) is 0 Å². The molecule has 1 aliphatic heterocycles. The molecule has 0 aromatic heterocycles. The van der Waals surface area contributed by atoms with E-state index in [2.05, 4.69) is 9.99 Å². The average Bonchev–Trinajstić information content (AvgIpc) is 2.94. The van der Waals surface area contributed by atoms with Gasteiger partial charge in [0.2, 0.25) is 0 Å². The molecule has 2 rings (SSSR count). The summed E-state index contributed by atoms with van der Waals surface area (Å²) in [4.78, 5) is 4.23. The third-order valence-corrected chi connectivity index (χ3v) is 3.35. The van der Waals surface area contributed by atoms with Crippen LogP contribution in [-0.4, -0.2) is 34.9 Å². The largest absolute Gasteiger partial charge is 0.430 e. The molecule has 0 saturated heterocycles. The molecule has 1 heterocycles. The number of hydrogen-bond donors (Lipinski definition) is 1. The number of oxime groups is 1. The Bertz CT molecular complexity index is 643. The number of rotatable bonds is 2. The number of hydrogen-bond acceptors (Lipinski definition) is 4. The third kappa shape index (κ3) is 2.84. The summed E-state index contributed by atoms with van der Waals surface area (Å²) in [5.41, 5.74) is -4.77. The van der Waals surface area contributed by atoms with Crippen molar-refractivity contribution in [3.8, 4) is 6.07 Å². The molecule has 0 fully saturated rings. The zero-order valence-electron chi connectivity index (χ0n) is 11.1. The van der Waals surface area contributed by atoms with Gasteiger partial charge in [0.1, 0.15) is 0 Å². The van der Waals surface area contributed by atoms with Crippen LogP contribution in [0.1, 0.15) is 17.5 Å². The maximum atomic E-state index is 12.7. The van der Waals surface area contributed by atoms with E-state index in [0.717, 1.165) is 0 Å². The molecule has 0 radical (unpaired) electrons. The standard InChI is InChI=1S/C13H8F6N2O2/c14-12(15,16)11(22,13(17,18)19)10-5-9(21-23-10)8-3-1-7(6-20)2-4-8/h1-4,10,22H,5H2. The molecule has 1 aromatic rings. The van der Waals surface area contributed by atoms with Gasteiger partial charge in [-0.2, -0.15) is 31.6 Å². The maximum Gasteiger partial charge on any atom is 0.430 e. The van der Waals surface area contributed by atoms with Crippen LogP contribution >= 0.6 is 0 Å². The van der Waals surface area contributed by atoms with Crippen LogP contribution < -0.4 is 0 Å². The van der Waals surface area contributed by atoms with Crippen molar-refractivity contribution in [1.82, 2.24) is 0 Å². The van der Waals surface area contributed by atoms with Crippen LogP contribution in [-0.2, 0) is 4.84 Å². The Hall–Kier alpha value is -2.28. The quantitative estimate of drug-likeness (QED) is 0.844. The molecule has 1 atom stereocenters. The molecule has 1 N–H and O–H groups in total. The minimum atomic E-state index is -5.98. The highest BCUT2D eigenvalue weighted by molar-refractivity contribution is 6.01. The summed E-state index contributed by atoms with van der Waals surface area (Å²) in [7, 11) is 0. The molecule has 4 nitrogen and oxygen atoms in total. The molecule has 0 spiro atoms. The minimum Gasteiger partial charge on any atom is -0.388 e. The molecular weight excluding hydrogens is 330 g/mol. The van der Waals surface area contributed by atoms with Crippen molar-refractivity contribution in [3.05, 3.63) is 35.4 Å². The predicted molar refractivity (Wildman–Crippen MR) is 64.2 cm³/mol. The molecular formula is C13H8F6N2O2. The van der Waals surface area contributed by atoms with Crippen LogP contribution in [0, 0.1) is 11.3 Å². The van der Waals surface area contributed by atoms with E-state index in [-0.39, 0.29) is 16.8 Å². The van der Waals surface area contributed by atoms with Crippen molar-refractivity contribution in [2.45, 2.75) is 30.5 Å². The first kappa shape index (κ1) is 17.1. The van der Waals surface area contributed by atoms with Gasteiger partial charge in [-0.3, -0.25) is 0 Å². The smallest absolute Gasteiger partial charge is 0.388 e. The molecule has 0 bridgehead atoms. The molecule has 1 unspecified atom stereocenters. The topological polar surface area (TPSA) is 65.6 Å². The van der Waals surface area contributed by atoms with Crippen molar-refractivity contribution in [3.63, 3.8) is 0 Å². The summed E-state index contributed by atoms with van der Waals surface area (Å²) in [6.45, 7) is 0. The fraction of sp³-hybridized carbons (Fsp3) is 0.385. The highest BCUT2D eigenvalue weighted by Crippen LogP contribution is 2.48. The summed E-state index contributed by atoms with van der Waals surface area (Å²) in [6.07, 6.45) is -15.5. The van der Waals surface area contributed by atoms with Crippen LogP contribution in [0.2, 0.25) is 0 Å². The lowest BCUT2D eigenvalue weighted by Crippen LogP contribution is -2.64. The summed E-state index contributed by atoms with van der Waals surface area (Å²) < 4.78 is 76.5. The molecule has 23 heavy (non-hydrogen) atoms. The number of halogens is 6. The Balaban J connectivity index is 2.27. The van der Waals surface area contributed by atoms with Gasteiger partial charge < -0.3 is 9.94 Å². The lowest BCUT2D eigenvalue weighted by molar-refractivity contribution is -0.392. The van der Waals surface area contributed by atoms with Crippen molar-refractivity contribution < 1.29 is 36.3 Å². The summed E-state index contributed by atoms with van der Waals surface area (Å²) in [5.74, 6) is 0. The fourth-order valence-corrected chi connectivity index (χ4v) is 2.03. The Morgan fingerprint density at radius 2 is 1.61 bits per heavy atom. The van der Waals surface area contributed by atoms with E-state index in [1.165, 1.54) is 24.3 Å². The lowest BCUT2D eigenvalue weighted by atomic mass is 9.90. The second-order valence-electron chi connectivity index (χ2n) is 4.79. The van der Waals surface area contributed by atoms with E-state index in [1.807, 2.05) is 6.07 Å². The van der Waals surface area contributed by atoms with Crippen LogP contribution in [0.3, 0.4) is 0 Å². The number of alkyl halides is 6. The predicted octanol–water partition coefficient (Wildman–Crippen LogP) is 2.91. The highest BCUT2D eigenvalue weighted by Gasteiger charge is 2.76. The number of nitriles is 1. The van der Waals surface area contributed by atoms with E-state index in [1.54, 1.807) is 0 Å². The molecule has 10 heteroatoms. The lowest BCUT2D eigenvalue weighted by Gasteiger charge is -2.35.